The number of hydrogen-bond acceptors (Lipinski definition) is 28. The van der Waals surface area contributed by atoms with Gasteiger partial charge >= 0.3 is 5.97 Å². The van der Waals surface area contributed by atoms with Crippen LogP contribution in [-0.4, -0.2) is 214 Å². The lowest BCUT2D eigenvalue weighted by Gasteiger charge is -2.47. The van der Waals surface area contributed by atoms with E-state index in [1.54, 1.807) is 0 Å². The molecule has 5 aromatic rings. The lowest BCUT2D eigenvalue weighted by Crippen LogP contribution is -2.64. The van der Waals surface area contributed by atoms with Crippen LogP contribution < -0.4 is 68.6 Å². The van der Waals surface area contributed by atoms with Gasteiger partial charge in [-0.15, -0.1) is 0 Å². The molecule has 5 aromatic carbocycles. The average Bonchev–Trinajstić information content (AvgIpc) is 0.823. The maximum atomic E-state index is 16.4. The zero-order valence-corrected chi connectivity index (χ0v) is 60.9. The molecule has 14 rings (SSSR count). The molecule has 110 heavy (non-hydrogen) atoms. The van der Waals surface area contributed by atoms with Gasteiger partial charge in [0.1, 0.15) is 89.5 Å². The molecule has 0 aliphatic carbocycles. The normalized spacial score (nSPS) is 34.0. The number of carbonyl (C=O) groups is 8. The van der Waals surface area contributed by atoms with Gasteiger partial charge in [-0.3, -0.25) is 33.6 Å². The van der Waals surface area contributed by atoms with Crippen molar-refractivity contribution < 1.29 is 127 Å². The third-order valence-electron chi connectivity index (χ3n) is 20.5. The van der Waals surface area contributed by atoms with Crippen LogP contribution in [0.25, 0.3) is 11.1 Å². The number of benzene rings is 5. The van der Waals surface area contributed by atoms with Gasteiger partial charge in [-0.05, 0) is 124 Å². The van der Waals surface area contributed by atoms with Gasteiger partial charge in [0.2, 0.25) is 53.4 Å². The Labute approximate surface area is 636 Å². The summed E-state index contributed by atoms with van der Waals surface area (Å²) in [4.78, 5) is 119. The SMILES string of the molecule is CC1CC[C@H](C(=O)N[C@H]2C(=O)N[C@@H](CC(N)=O)C(=O)N[C@H]3C(=O)N[C@H]4C(=O)N[C@H](C(=O)N[C@H](C(=O)O)c5cc(O)cc(O)c5-c5cc4ccc5O)[C@H](O[C@H]4C[C@](C)(N)[C@@H](O)[C@H](C)O4)c4ccc(c(Cl)c4)Oc4cc3cc(c4O[C@@H]3O[C@H](CO)[C@@H](O)[C@H](O)[C@H]3O[C@H]3C[C@](C)(N)[C@@H](O)[C@H](C)O3)Oc3ccc(cc3Cl)[C@H]2O)N1. The van der Waals surface area contributed by atoms with Crippen LogP contribution in [0.2, 0.25) is 10.0 Å². The molecule has 4 fully saturated rings. The summed E-state index contributed by atoms with van der Waals surface area (Å²) in [5.41, 5.74) is 13.3. The smallest absolute Gasteiger partial charge is 0.330 e. The Morgan fingerprint density at radius 2 is 1.22 bits per heavy atom. The number of halogens is 2. The topological polar surface area (TPSA) is 575 Å². The second kappa shape index (κ2) is 31.8. The van der Waals surface area contributed by atoms with Crippen molar-refractivity contribution in [2.45, 2.75) is 206 Å². The Bertz CT molecular complexity index is 4440. The number of aliphatic hydroxyl groups excluding tert-OH is 6. The van der Waals surface area contributed by atoms with E-state index in [1.807, 2.05) is 6.92 Å². The van der Waals surface area contributed by atoms with Crippen LogP contribution in [0.1, 0.15) is 125 Å². The van der Waals surface area contributed by atoms with Gasteiger partial charge < -0.3 is 143 Å². The Morgan fingerprint density at radius 3 is 1.80 bits per heavy atom. The maximum absolute atomic E-state index is 16.4. The minimum absolute atomic E-state index is 0.154. The van der Waals surface area contributed by atoms with Crippen molar-refractivity contribution in [2.24, 2.45) is 17.2 Å². The van der Waals surface area contributed by atoms with Gasteiger partial charge in [-0.25, -0.2) is 4.79 Å². The van der Waals surface area contributed by atoms with Crippen molar-refractivity contribution >= 4 is 70.5 Å². The molecule has 23 atom stereocenters. The van der Waals surface area contributed by atoms with Crippen molar-refractivity contribution in [3.8, 4) is 57.1 Å². The molecule has 0 saturated carbocycles. The third-order valence-corrected chi connectivity index (χ3v) is 21.0. The predicted molar refractivity (Wildman–Crippen MR) is 379 cm³/mol. The van der Waals surface area contributed by atoms with Crippen molar-refractivity contribution in [3.05, 3.63) is 117 Å². The minimum atomic E-state index is -2.37. The molecule has 1 unspecified atom stereocenters. The number of carboxylic acids is 1. The number of phenolic OH excluding ortho intramolecular Hbond substituents is 3. The number of nitrogens with one attached hydrogen (secondary N) is 7. The van der Waals surface area contributed by atoms with E-state index in [4.69, 9.17) is 78.3 Å². The molecule has 23 N–H and O–H groups in total. The molecule has 9 heterocycles. The lowest BCUT2D eigenvalue weighted by molar-refractivity contribution is -0.333. The van der Waals surface area contributed by atoms with Crippen LogP contribution in [0, 0.1) is 0 Å². The van der Waals surface area contributed by atoms with E-state index in [1.165, 1.54) is 58.0 Å². The first-order valence-electron chi connectivity index (χ1n) is 35.0. The number of primary amides is 1. The Hall–Kier alpha value is -9.32. The van der Waals surface area contributed by atoms with E-state index in [-0.39, 0.29) is 52.8 Å². The Kier molecular flexibility index (Phi) is 23.2. The van der Waals surface area contributed by atoms with Gasteiger partial charge in [0.05, 0.1) is 53.5 Å². The van der Waals surface area contributed by atoms with E-state index in [2.05, 4.69) is 37.2 Å². The standard InChI is InChI=1S/C72H84Cl2N10O26/c1-25-6-10-37(78-25)63(95)83-53-55(90)29-8-12-41(35(73)15-29)105-43-17-31-18-44(59(43)110-70-60(57(92)56(91)45(24-85)107-70)109-48-23-72(5,77)62(94)27(3)104-48)106-42-13-9-30(16-36(42)74)58(108-47-22-71(4,76)61(93)26(2)103-47)54-68(100)82-52(69(101)102)34-19-32(86)20-40(88)49(34)33-14-28(7-11-39(33)87)50(65(97)84-54)81-66(98)51(31)80-64(96)38(21-46(75)89)79-67(53)99/h7-9,11-20,25-27,37-38,45,47-48,50-58,60-62,70,78,85-88,90-94H,6,10,21-24,76-77H2,1-5H3,(H2,75,89)(H,79,99)(H,80,96)(H,81,98)(H,82,100)(H,83,95)(H,84,97)(H,101,102)/t25?,26-,27-,37+,38-,45+,47-,48-,50+,51+,52-,53+,54-,55+,56+,57-,58+,60+,61-,62-,70-,71-,72-/m0/s1. The number of hydrogen-bond donors (Lipinski definition) is 20. The van der Waals surface area contributed by atoms with Crippen LogP contribution in [0.3, 0.4) is 0 Å². The lowest BCUT2D eigenvalue weighted by atomic mass is 9.86. The summed E-state index contributed by atoms with van der Waals surface area (Å²) in [5, 5.41) is 132. The van der Waals surface area contributed by atoms with Gasteiger partial charge in [-0.1, -0.05) is 41.4 Å². The number of aliphatic carboxylic acids is 1. The zero-order valence-electron chi connectivity index (χ0n) is 59.4. The number of aliphatic hydroxyl groups is 6. The second-order valence-electron chi connectivity index (χ2n) is 29.0. The number of carboxylic acid groups (broad SMARTS) is 1. The molecule has 0 radical (unpaired) electrons. The highest BCUT2D eigenvalue weighted by atomic mass is 35.5. The summed E-state index contributed by atoms with van der Waals surface area (Å²) in [6.07, 6.45) is -22.1. The number of aromatic hydroxyl groups is 3. The van der Waals surface area contributed by atoms with Crippen LogP contribution in [-0.2, 0) is 62.0 Å². The maximum Gasteiger partial charge on any atom is 0.330 e. The fourth-order valence-corrected chi connectivity index (χ4v) is 15.0. The molecule has 0 spiro atoms. The third kappa shape index (κ3) is 16.5. The summed E-state index contributed by atoms with van der Waals surface area (Å²) in [6, 6.07) is -0.417. The summed E-state index contributed by atoms with van der Waals surface area (Å²) in [7, 11) is 0. The molecule has 0 aromatic heterocycles. The number of rotatable bonds is 12. The molecule has 9 aliphatic rings. The van der Waals surface area contributed by atoms with Gasteiger partial charge in [-0.2, -0.15) is 0 Å². The predicted octanol–water partition coefficient (Wildman–Crippen LogP) is -0.150. The first-order chi connectivity index (χ1) is 51.9. The largest absolute Gasteiger partial charge is 0.508 e. The van der Waals surface area contributed by atoms with E-state index in [9.17, 15) is 70.2 Å². The molecule has 4 saturated heterocycles. The molecule has 7 amide bonds. The molecular weight excluding hydrogens is 1490 g/mol. The Morgan fingerprint density at radius 1 is 0.636 bits per heavy atom. The monoisotopic (exact) mass is 1570 g/mol. The number of ether oxygens (including phenoxy) is 8. The molecule has 9 aliphatic heterocycles. The van der Waals surface area contributed by atoms with Gasteiger partial charge in [0.25, 0.3) is 0 Å². The first kappa shape index (κ1) is 80.2. The fraction of sp³-hybridized carbons (Fsp3) is 0.472. The van der Waals surface area contributed by atoms with Crippen molar-refractivity contribution in [3.63, 3.8) is 0 Å². The number of carbonyl (C=O) groups excluding carboxylic acids is 7. The van der Waals surface area contributed by atoms with Crippen molar-refractivity contribution in [1.82, 2.24) is 37.2 Å². The van der Waals surface area contributed by atoms with Crippen molar-refractivity contribution in [2.75, 3.05) is 6.61 Å². The summed E-state index contributed by atoms with van der Waals surface area (Å²) < 4.78 is 51.6. The summed E-state index contributed by atoms with van der Waals surface area (Å²) in [6.45, 7) is 6.76. The summed E-state index contributed by atoms with van der Waals surface area (Å²) >= 11 is 14.5. The van der Waals surface area contributed by atoms with Gasteiger partial charge in [0.15, 0.2) is 36.2 Å². The van der Waals surface area contributed by atoms with Crippen LogP contribution in [0.5, 0.6) is 46.0 Å². The molecule has 38 heteroatoms. The second-order valence-corrected chi connectivity index (χ2v) is 29.8. The molecule has 592 valence electrons. The highest BCUT2D eigenvalue weighted by molar-refractivity contribution is 6.32. The average molecular weight is 1580 g/mol. The highest BCUT2D eigenvalue weighted by Gasteiger charge is 2.52. The fourth-order valence-electron chi connectivity index (χ4n) is 14.6. The minimum Gasteiger partial charge on any atom is -0.508 e. The molecule has 11 bridgehead atoms. The van der Waals surface area contributed by atoms with E-state index in [0.29, 0.717) is 6.42 Å². The molecule has 36 nitrogen and oxygen atoms in total. The zero-order chi connectivity index (χ0) is 79.6. The van der Waals surface area contributed by atoms with E-state index < -0.39 is 261 Å². The number of fused-ring (bicyclic) bond motifs is 15. The number of amides is 7. The van der Waals surface area contributed by atoms with Crippen LogP contribution in [0.4, 0.5) is 0 Å². The van der Waals surface area contributed by atoms with E-state index >= 15 is 19.2 Å². The summed E-state index contributed by atoms with van der Waals surface area (Å²) in [5.74, 6) is -15.9. The van der Waals surface area contributed by atoms with E-state index in [0.717, 1.165) is 48.5 Å². The van der Waals surface area contributed by atoms with Crippen molar-refractivity contribution in [1.29, 1.82) is 0 Å². The number of phenols is 3. The first-order valence-corrected chi connectivity index (χ1v) is 35.8. The van der Waals surface area contributed by atoms with Gasteiger partial charge in [0, 0.05) is 52.7 Å². The van der Waals surface area contributed by atoms with Crippen LogP contribution in [0.15, 0.2) is 78.9 Å². The Balaban J connectivity index is 1.12. The highest BCUT2D eigenvalue weighted by Crippen LogP contribution is 2.50. The molecular formula is C72H84Cl2N10O26. The quantitative estimate of drug-likeness (QED) is 0.0772. The van der Waals surface area contributed by atoms with Crippen LogP contribution >= 0.6 is 23.2 Å². The number of nitrogens with two attached hydrogens (primary N) is 3.